The number of aliphatic hydroxyl groups is 1. The van der Waals surface area contributed by atoms with E-state index in [2.05, 4.69) is 20.8 Å². The molecular formula is C13H18Cl2OS. The van der Waals surface area contributed by atoms with E-state index in [0.717, 1.165) is 11.3 Å². The fourth-order valence-electron chi connectivity index (χ4n) is 1.34. The summed E-state index contributed by atoms with van der Waals surface area (Å²) in [6, 6.07) is 5.48. The van der Waals surface area contributed by atoms with Gasteiger partial charge in [-0.3, -0.25) is 0 Å². The van der Waals surface area contributed by atoms with E-state index in [1.807, 2.05) is 12.1 Å². The van der Waals surface area contributed by atoms with Crippen molar-refractivity contribution in [2.45, 2.75) is 38.0 Å². The number of hydrogen-bond donors (Lipinski definition) is 1. The van der Waals surface area contributed by atoms with Gasteiger partial charge < -0.3 is 5.11 Å². The smallest absolute Gasteiger partial charge is 0.0671 e. The minimum atomic E-state index is -0.350. The minimum Gasteiger partial charge on any atom is -0.392 e. The maximum absolute atomic E-state index is 9.93. The molecule has 1 unspecified atom stereocenters. The average molecular weight is 293 g/mol. The van der Waals surface area contributed by atoms with Crippen LogP contribution in [-0.4, -0.2) is 21.7 Å². The predicted molar refractivity (Wildman–Crippen MR) is 78.4 cm³/mol. The van der Waals surface area contributed by atoms with Crippen LogP contribution in [0.5, 0.6) is 0 Å². The number of benzene rings is 1. The Labute approximate surface area is 118 Å². The van der Waals surface area contributed by atoms with Gasteiger partial charge in [0.15, 0.2) is 0 Å². The highest BCUT2D eigenvalue weighted by Gasteiger charge is 2.14. The SMILES string of the molecule is CC(C)(C)SCC(O)Cc1ccc(Cl)c(Cl)c1. The fourth-order valence-corrected chi connectivity index (χ4v) is 2.47. The summed E-state index contributed by atoms with van der Waals surface area (Å²) in [5, 5.41) is 11.0. The normalized spacial score (nSPS) is 13.8. The van der Waals surface area contributed by atoms with Gasteiger partial charge in [0.05, 0.1) is 16.1 Å². The highest BCUT2D eigenvalue weighted by Crippen LogP contribution is 2.26. The molecule has 1 N–H and O–H groups in total. The lowest BCUT2D eigenvalue weighted by Crippen LogP contribution is -2.18. The van der Waals surface area contributed by atoms with Crippen molar-refractivity contribution in [1.82, 2.24) is 0 Å². The second kappa shape index (κ2) is 6.33. The standard InChI is InChI=1S/C13H18Cl2OS/c1-13(2,3)17-8-10(16)6-9-4-5-11(14)12(15)7-9/h4-5,7,10,16H,6,8H2,1-3H3. The van der Waals surface area contributed by atoms with Gasteiger partial charge in [-0.1, -0.05) is 50.0 Å². The van der Waals surface area contributed by atoms with Crippen LogP contribution in [0.3, 0.4) is 0 Å². The Kier molecular flexibility index (Phi) is 5.65. The zero-order chi connectivity index (χ0) is 13.1. The molecule has 0 heterocycles. The Balaban J connectivity index is 2.50. The molecule has 0 aliphatic rings. The zero-order valence-electron chi connectivity index (χ0n) is 10.3. The quantitative estimate of drug-likeness (QED) is 0.886. The average Bonchev–Trinajstić information content (AvgIpc) is 2.20. The lowest BCUT2D eigenvalue weighted by molar-refractivity contribution is 0.200. The van der Waals surface area contributed by atoms with Crippen LogP contribution in [0.2, 0.25) is 10.0 Å². The molecule has 4 heteroatoms. The van der Waals surface area contributed by atoms with Gasteiger partial charge in [-0.25, -0.2) is 0 Å². The molecule has 0 bridgehead atoms. The molecule has 0 spiro atoms. The Morgan fingerprint density at radius 2 is 1.88 bits per heavy atom. The van der Waals surface area contributed by atoms with Gasteiger partial charge in [0.1, 0.15) is 0 Å². The van der Waals surface area contributed by atoms with Crippen molar-refractivity contribution in [2.24, 2.45) is 0 Å². The van der Waals surface area contributed by atoms with Crippen LogP contribution in [0.1, 0.15) is 26.3 Å². The van der Waals surface area contributed by atoms with Gasteiger partial charge in [-0.2, -0.15) is 11.8 Å². The monoisotopic (exact) mass is 292 g/mol. The van der Waals surface area contributed by atoms with E-state index in [0.29, 0.717) is 16.5 Å². The third kappa shape index (κ3) is 6.01. The van der Waals surface area contributed by atoms with E-state index in [1.54, 1.807) is 17.8 Å². The van der Waals surface area contributed by atoms with Crippen LogP contribution in [0, 0.1) is 0 Å². The Morgan fingerprint density at radius 3 is 2.41 bits per heavy atom. The fraction of sp³-hybridized carbons (Fsp3) is 0.538. The molecule has 0 amide bonds. The summed E-state index contributed by atoms with van der Waals surface area (Å²) in [4.78, 5) is 0. The van der Waals surface area contributed by atoms with Crippen LogP contribution in [0.15, 0.2) is 18.2 Å². The second-order valence-electron chi connectivity index (χ2n) is 5.03. The van der Waals surface area contributed by atoms with E-state index >= 15 is 0 Å². The molecule has 1 atom stereocenters. The van der Waals surface area contributed by atoms with Crippen LogP contribution in [-0.2, 0) is 6.42 Å². The predicted octanol–water partition coefficient (Wildman–Crippen LogP) is 4.43. The van der Waals surface area contributed by atoms with Crippen molar-refractivity contribution >= 4 is 35.0 Å². The van der Waals surface area contributed by atoms with Gasteiger partial charge in [0.2, 0.25) is 0 Å². The molecule has 17 heavy (non-hydrogen) atoms. The summed E-state index contributed by atoms with van der Waals surface area (Å²) in [7, 11) is 0. The maximum atomic E-state index is 9.93. The van der Waals surface area contributed by atoms with Gasteiger partial charge in [0.25, 0.3) is 0 Å². The molecular weight excluding hydrogens is 275 g/mol. The number of aliphatic hydroxyl groups excluding tert-OH is 1. The first-order valence-corrected chi connectivity index (χ1v) is 7.28. The van der Waals surface area contributed by atoms with E-state index in [4.69, 9.17) is 23.2 Å². The molecule has 1 nitrogen and oxygen atoms in total. The van der Waals surface area contributed by atoms with Crippen molar-refractivity contribution in [2.75, 3.05) is 5.75 Å². The second-order valence-corrected chi connectivity index (χ2v) is 7.69. The highest BCUT2D eigenvalue weighted by molar-refractivity contribution is 8.00. The maximum Gasteiger partial charge on any atom is 0.0671 e. The third-order valence-electron chi connectivity index (χ3n) is 2.16. The van der Waals surface area contributed by atoms with Gasteiger partial charge in [-0.15, -0.1) is 0 Å². The lowest BCUT2D eigenvalue weighted by atomic mass is 10.1. The summed E-state index contributed by atoms with van der Waals surface area (Å²) in [5.74, 6) is 0.726. The van der Waals surface area contributed by atoms with Crippen LogP contribution >= 0.6 is 35.0 Å². The minimum absolute atomic E-state index is 0.179. The lowest BCUT2D eigenvalue weighted by Gasteiger charge is -2.20. The highest BCUT2D eigenvalue weighted by atomic mass is 35.5. The summed E-state index contributed by atoms with van der Waals surface area (Å²) in [5.41, 5.74) is 1.02. The van der Waals surface area contributed by atoms with Gasteiger partial charge >= 0.3 is 0 Å². The van der Waals surface area contributed by atoms with E-state index in [1.165, 1.54) is 0 Å². The van der Waals surface area contributed by atoms with Crippen LogP contribution in [0.25, 0.3) is 0 Å². The van der Waals surface area contributed by atoms with Gasteiger partial charge in [0, 0.05) is 10.5 Å². The third-order valence-corrected chi connectivity index (χ3v) is 4.32. The Bertz CT molecular complexity index is 374. The zero-order valence-corrected chi connectivity index (χ0v) is 12.7. The number of halogens is 2. The largest absolute Gasteiger partial charge is 0.392 e. The van der Waals surface area contributed by atoms with Crippen LogP contribution in [0.4, 0.5) is 0 Å². The molecule has 96 valence electrons. The Morgan fingerprint density at radius 1 is 1.24 bits per heavy atom. The molecule has 0 saturated heterocycles. The summed E-state index contributed by atoms with van der Waals surface area (Å²) < 4.78 is 0.179. The van der Waals surface area contributed by atoms with E-state index in [-0.39, 0.29) is 10.9 Å². The van der Waals surface area contributed by atoms with Crippen molar-refractivity contribution in [3.8, 4) is 0 Å². The van der Waals surface area contributed by atoms with Gasteiger partial charge in [-0.05, 0) is 24.1 Å². The van der Waals surface area contributed by atoms with Crippen molar-refractivity contribution in [3.63, 3.8) is 0 Å². The summed E-state index contributed by atoms with van der Waals surface area (Å²) >= 11 is 13.5. The van der Waals surface area contributed by atoms with Crippen molar-refractivity contribution < 1.29 is 5.11 Å². The molecule has 0 aromatic heterocycles. The topological polar surface area (TPSA) is 20.2 Å². The molecule has 0 aliphatic heterocycles. The van der Waals surface area contributed by atoms with E-state index in [9.17, 15) is 5.11 Å². The van der Waals surface area contributed by atoms with Crippen molar-refractivity contribution in [3.05, 3.63) is 33.8 Å². The first-order valence-electron chi connectivity index (χ1n) is 5.54. The Hall–Kier alpha value is 0.110. The molecule has 1 aromatic carbocycles. The molecule has 1 aromatic rings. The molecule has 0 saturated carbocycles. The van der Waals surface area contributed by atoms with Crippen LogP contribution < -0.4 is 0 Å². The molecule has 1 rings (SSSR count). The molecule has 0 aliphatic carbocycles. The molecule has 0 fully saturated rings. The number of hydrogen-bond acceptors (Lipinski definition) is 2. The number of thioether (sulfide) groups is 1. The first kappa shape index (κ1) is 15.2. The summed E-state index contributed by atoms with van der Waals surface area (Å²) in [6.45, 7) is 6.43. The van der Waals surface area contributed by atoms with Crippen molar-refractivity contribution in [1.29, 1.82) is 0 Å². The van der Waals surface area contributed by atoms with E-state index < -0.39 is 0 Å². The number of rotatable bonds is 4. The summed E-state index contributed by atoms with van der Waals surface area (Å²) in [6.07, 6.45) is 0.261. The first-order chi connectivity index (χ1) is 7.78. The molecule has 0 radical (unpaired) electrons.